The zero-order valence-electron chi connectivity index (χ0n) is 11.8. The molecule has 0 atom stereocenters. The van der Waals surface area contributed by atoms with Gasteiger partial charge in [0.1, 0.15) is 11.5 Å². The van der Waals surface area contributed by atoms with Gasteiger partial charge in [-0.3, -0.25) is 4.79 Å². The van der Waals surface area contributed by atoms with E-state index >= 15 is 0 Å². The molecule has 0 aliphatic heterocycles. The lowest BCUT2D eigenvalue weighted by atomic mass is 10.1. The third-order valence-corrected chi connectivity index (χ3v) is 3.65. The van der Waals surface area contributed by atoms with Crippen molar-refractivity contribution in [2.24, 2.45) is 0 Å². The van der Waals surface area contributed by atoms with E-state index in [1.165, 1.54) is 0 Å². The molecule has 0 spiro atoms. The van der Waals surface area contributed by atoms with Gasteiger partial charge in [0.25, 0.3) is 5.91 Å². The fourth-order valence-corrected chi connectivity index (χ4v) is 2.46. The van der Waals surface area contributed by atoms with Gasteiger partial charge in [0.05, 0.1) is 5.69 Å². The lowest BCUT2D eigenvalue weighted by Gasteiger charge is -2.06. The number of aliphatic hydroxyl groups excluding tert-OH is 1. The van der Waals surface area contributed by atoms with E-state index in [1.54, 1.807) is 6.07 Å². The molecule has 0 bridgehead atoms. The van der Waals surface area contributed by atoms with E-state index in [9.17, 15) is 4.79 Å². The zero-order valence-corrected chi connectivity index (χ0v) is 12.6. The molecule has 1 aromatic carbocycles. The Bertz CT molecular complexity index is 713. The van der Waals surface area contributed by atoms with Gasteiger partial charge in [-0.2, -0.15) is 0 Å². The molecule has 2 rings (SSSR count). The number of amides is 1. The van der Waals surface area contributed by atoms with Crippen LogP contribution in [0.1, 0.15) is 33.4 Å². The summed E-state index contributed by atoms with van der Waals surface area (Å²) in [6.07, 6.45) is 0.675. The summed E-state index contributed by atoms with van der Waals surface area (Å²) < 4.78 is 3.81. The number of aliphatic hydroxyl groups is 1. The van der Waals surface area contributed by atoms with Crippen molar-refractivity contribution in [1.29, 1.82) is 0 Å². The van der Waals surface area contributed by atoms with Crippen molar-refractivity contribution >= 4 is 23.1 Å². The Morgan fingerprint density at radius 2 is 2.29 bits per heavy atom. The van der Waals surface area contributed by atoms with Crippen molar-refractivity contribution in [1.82, 2.24) is 9.59 Å². The van der Waals surface area contributed by atoms with E-state index < -0.39 is 0 Å². The molecule has 0 saturated heterocycles. The quantitative estimate of drug-likeness (QED) is 0.850. The van der Waals surface area contributed by atoms with Gasteiger partial charge in [-0.25, -0.2) is 0 Å². The molecular weight excluding hydrogens is 286 g/mol. The standard InChI is InChI=1S/C15H15N3O2S/c1-3-13-14(21-18-17-13)15(20)16-12-7-6-11(5-4-8-19)10(2)9-12/h6-7,9,19H,3,8H2,1-2H3,(H,16,20). The molecule has 1 aromatic heterocycles. The van der Waals surface area contributed by atoms with Crippen molar-refractivity contribution < 1.29 is 9.90 Å². The van der Waals surface area contributed by atoms with Crippen LogP contribution in [0, 0.1) is 18.8 Å². The van der Waals surface area contributed by atoms with Gasteiger partial charge in [0, 0.05) is 11.3 Å². The number of benzene rings is 1. The number of aromatic nitrogens is 2. The minimum atomic E-state index is -0.199. The predicted molar refractivity (Wildman–Crippen MR) is 82.4 cm³/mol. The summed E-state index contributed by atoms with van der Waals surface area (Å²) in [4.78, 5) is 12.7. The fraction of sp³-hybridized carbons (Fsp3) is 0.267. The van der Waals surface area contributed by atoms with Gasteiger partial charge in [-0.05, 0) is 48.6 Å². The second-order valence-electron chi connectivity index (χ2n) is 4.35. The highest BCUT2D eigenvalue weighted by Gasteiger charge is 2.15. The summed E-state index contributed by atoms with van der Waals surface area (Å²) in [5, 5.41) is 15.5. The molecule has 1 amide bonds. The summed E-state index contributed by atoms with van der Waals surface area (Å²) in [5.41, 5.74) is 3.17. The van der Waals surface area contributed by atoms with Gasteiger partial charge in [0.15, 0.2) is 0 Å². The number of hydrogen-bond donors (Lipinski definition) is 2. The Kier molecular flexibility index (Phi) is 5.04. The summed E-state index contributed by atoms with van der Waals surface area (Å²) in [7, 11) is 0. The van der Waals surface area contributed by atoms with Gasteiger partial charge < -0.3 is 10.4 Å². The molecule has 2 aromatic rings. The first-order chi connectivity index (χ1) is 10.2. The minimum absolute atomic E-state index is 0.171. The molecule has 5 nitrogen and oxygen atoms in total. The van der Waals surface area contributed by atoms with Crippen molar-refractivity contribution in [3.8, 4) is 11.8 Å². The molecule has 0 radical (unpaired) electrons. The molecule has 108 valence electrons. The highest BCUT2D eigenvalue weighted by molar-refractivity contribution is 7.08. The molecular formula is C15H15N3O2S. The molecule has 2 N–H and O–H groups in total. The summed E-state index contributed by atoms with van der Waals surface area (Å²) in [5.74, 6) is 5.27. The molecule has 1 heterocycles. The number of rotatable bonds is 3. The first kappa shape index (κ1) is 15.2. The van der Waals surface area contributed by atoms with Crippen LogP contribution < -0.4 is 5.32 Å². The first-order valence-corrected chi connectivity index (χ1v) is 7.26. The second-order valence-corrected chi connectivity index (χ2v) is 5.10. The summed E-state index contributed by atoms with van der Waals surface area (Å²) in [6, 6.07) is 5.45. The third-order valence-electron chi connectivity index (χ3n) is 2.88. The van der Waals surface area contributed by atoms with E-state index in [-0.39, 0.29) is 12.5 Å². The average molecular weight is 301 g/mol. The van der Waals surface area contributed by atoms with E-state index in [1.807, 2.05) is 26.0 Å². The minimum Gasteiger partial charge on any atom is -0.384 e. The van der Waals surface area contributed by atoms with Crippen molar-refractivity contribution in [3.05, 3.63) is 39.9 Å². The zero-order chi connectivity index (χ0) is 15.2. The molecule has 0 aliphatic carbocycles. The Hall–Kier alpha value is -2.23. The third kappa shape index (κ3) is 3.66. The first-order valence-electron chi connectivity index (χ1n) is 6.48. The van der Waals surface area contributed by atoms with Crippen LogP contribution in [0.2, 0.25) is 0 Å². The lowest BCUT2D eigenvalue weighted by molar-refractivity contribution is 0.102. The molecule has 0 fully saturated rings. The van der Waals surface area contributed by atoms with E-state index in [4.69, 9.17) is 5.11 Å². The number of aryl methyl sites for hydroxylation is 2. The van der Waals surface area contributed by atoms with Gasteiger partial charge >= 0.3 is 0 Å². The fourth-order valence-electron chi connectivity index (χ4n) is 1.82. The van der Waals surface area contributed by atoms with Gasteiger partial charge in [-0.15, -0.1) is 5.10 Å². The number of anilines is 1. The largest absolute Gasteiger partial charge is 0.384 e. The second kappa shape index (κ2) is 6.97. The Balaban J connectivity index is 2.17. The van der Waals surface area contributed by atoms with Crippen LogP contribution in [0.25, 0.3) is 0 Å². The topological polar surface area (TPSA) is 75.1 Å². The highest BCUT2D eigenvalue weighted by atomic mass is 32.1. The number of hydrogen-bond acceptors (Lipinski definition) is 5. The summed E-state index contributed by atoms with van der Waals surface area (Å²) in [6.45, 7) is 3.67. The molecule has 21 heavy (non-hydrogen) atoms. The van der Waals surface area contributed by atoms with Crippen molar-refractivity contribution in [2.45, 2.75) is 20.3 Å². The van der Waals surface area contributed by atoms with Crippen molar-refractivity contribution in [3.63, 3.8) is 0 Å². The normalized spacial score (nSPS) is 9.86. The maximum Gasteiger partial charge on any atom is 0.269 e. The lowest BCUT2D eigenvalue weighted by Crippen LogP contribution is -2.12. The molecule has 0 saturated carbocycles. The Morgan fingerprint density at radius 1 is 1.48 bits per heavy atom. The van der Waals surface area contributed by atoms with Gasteiger partial charge in [-0.1, -0.05) is 23.3 Å². The van der Waals surface area contributed by atoms with Crippen molar-refractivity contribution in [2.75, 3.05) is 11.9 Å². The average Bonchev–Trinajstić information content (AvgIpc) is 2.95. The maximum absolute atomic E-state index is 12.2. The Labute approximate surface area is 127 Å². The number of carbonyl (C=O) groups is 1. The van der Waals surface area contributed by atoms with E-state index in [0.29, 0.717) is 22.7 Å². The van der Waals surface area contributed by atoms with E-state index in [0.717, 1.165) is 22.7 Å². The van der Waals surface area contributed by atoms with Crippen LogP contribution in [0.5, 0.6) is 0 Å². The monoisotopic (exact) mass is 301 g/mol. The van der Waals surface area contributed by atoms with Crippen LogP contribution in [0.4, 0.5) is 5.69 Å². The van der Waals surface area contributed by atoms with Crippen LogP contribution in [-0.4, -0.2) is 27.2 Å². The molecule has 0 unspecified atom stereocenters. The predicted octanol–water partition coefficient (Wildman–Crippen LogP) is 2.01. The summed E-state index contributed by atoms with van der Waals surface area (Å²) >= 11 is 1.10. The Morgan fingerprint density at radius 3 is 2.95 bits per heavy atom. The molecule has 0 aliphatic rings. The smallest absolute Gasteiger partial charge is 0.269 e. The number of nitrogens with zero attached hydrogens (tertiary/aromatic N) is 2. The number of carbonyl (C=O) groups excluding carboxylic acids is 1. The SMILES string of the molecule is CCc1nnsc1C(=O)Nc1ccc(C#CCO)c(C)c1. The highest BCUT2D eigenvalue weighted by Crippen LogP contribution is 2.17. The molecule has 6 heteroatoms. The van der Waals surface area contributed by atoms with Crippen LogP contribution >= 0.6 is 11.5 Å². The van der Waals surface area contributed by atoms with Gasteiger partial charge in [0.2, 0.25) is 0 Å². The maximum atomic E-state index is 12.2. The van der Waals surface area contributed by atoms with Crippen LogP contribution in [0.3, 0.4) is 0 Å². The van der Waals surface area contributed by atoms with Crippen LogP contribution in [-0.2, 0) is 6.42 Å². The number of nitrogens with one attached hydrogen (secondary N) is 1. The van der Waals surface area contributed by atoms with E-state index in [2.05, 4.69) is 26.7 Å². The van der Waals surface area contributed by atoms with Crippen LogP contribution in [0.15, 0.2) is 18.2 Å².